The van der Waals surface area contributed by atoms with Crippen LogP contribution >= 0.6 is 11.6 Å². The molecule has 0 N–H and O–H groups in total. The maximum absolute atomic E-state index is 13.5. The fourth-order valence-corrected chi connectivity index (χ4v) is 4.97. The molecule has 2 aromatic rings. The predicted molar refractivity (Wildman–Crippen MR) is 120 cm³/mol. The average molecular weight is 438 g/mol. The summed E-state index contributed by atoms with van der Waals surface area (Å²) in [7, 11) is 2.99. The van der Waals surface area contributed by atoms with Gasteiger partial charge in [0.1, 0.15) is 11.7 Å². The molecule has 0 radical (unpaired) electrons. The molecule has 0 saturated heterocycles. The number of ketones is 1. The SMILES string of the molecule is COC(=O)C1C(C)=NC2=C(C(=O)CC(c3ccccc3OC)C2)C1c1cccc(Cl)c1. The molecule has 6 heteroatoms. The summed E-state index contributed by atoms with van der Waals surface area (Å²) >= 11 is 6.25. The van der Waals surface area contributed by atoms with E-state index in [1.54, 1.807) is 13.2 Å². The van der Waals surface area contributed by atoms with Crippen LogP contribution in [0.1, 0.15) is 42.7 Å². The zero-order chi connectivity index (χ0) is 22.1. The number of Topliss-reactive ketones (excluding diaryl/α,β-unsaturated/α-hetero) is 1. The van der Waals surface area contributed by atoms with Gasteiger partial charge < -0.3 is 9.47 Å². The number of esters is 1. The number of hydrogen-bond donors (Lipinski definition) is 0. The molecule has 1 aliphatic heterocycles. The van der Waals surface area contributed by atoms with Crippen molar-refractivity contribution in [1.82, 2.24) is 0 Å². The van der Waals surface area contributed by atoms with Gasteiger partial charge in [-0.1, -0.05) is 41.9 Å². The van der Waals surface area contributed by atoms with Crippen LogP contribution in [0.4, 0.5) is 0 Å². The lowest BCUT2D eigenvalue weighted by atomic mass is 9.69. The predicted octanol–water partition coefficient (Wildman–Crippen LogP) is 5.10. The molecule has 1 heterocycles. The molecular weight excluding hydrogens is 414 g/mol. The van der Waals surface area contributed by atoms with Crippen LogP contribution in [-0.4, -0.2) is 31.7 Å². The number of ether oxygens (including phenoxy) is 2. The van der Waals surface area contributed by atoms with E-state index in [0.29, 0.717) is 29.1 Å². The van der Waals surface area contributed by atoms with Crippen LogP contribution in [0.2, 0.25) is 5.02 Å². The van der Waals surface area contributed by atoms with Gasteiger partial charge in [0.2, 0.25) is 0 Å². The highest BCUT2D eigenvalue weighted by Gasteiger charge is 2.44. The molecule has 5 nitrogen and oxygen atoms in total. The van der Waals surface area contributed by atoms with Crippen molar-refractivity contribution in [3.63, 3.8) is 0 Å². The minimum Gasteiger partial charge on any atom is -0.496 e. The zero-order valence-corrected chi connectivity index (χ0v) is 18.5. The van der Waals surface area contributed by atoms with Crippen LogP contribution in [0.5, 0.6) is 5.75 Å². The molecule has 160 valence electrons. The van der Waals surface area contributed by atoms with Gasteiger partial charge in [0.25, 0.3) is 0 Å². The number of allylic oxidation sites excluding steroid dienone is 2. The number of rotatable bonds is 4. The summed E-state index contributed by atoms with van der Waals surface area (Å²) in [4.78, 5) is 30.9. The van der Waals surface area contributed by atoms with Gasteiger partial charge in [0.15, 0.2) is 5.78 Å². The van der Waals surface area contributed by atoms with Crippen LogP contribution in [-0.2, 0) is 14.3 Å². The summed E-state index contributed by atoms with van der Waals surface area (Å²) in [5.74, 6) is -0.809. The van der Waals surface area contributed by atoms with Crippen LogP contribution in [0.25, 0.3) is 0 Å². The van der Waals surface area contributed by atoms with Gasteiger partial charge in [0.05, 0.1) is 14.2 Å². The molecule has 1 aliphatic carbocycles. The Morgan fingerprint density at radius 3 is 2.58 bits per heavy atom. The number of benzene rings is 2. The second-order valence-electron chi connectivity index (χ2n) is 7.92. The highest BCUT2D eigenvalue weighted by molar-refractivity contribution is 6.30. The minimum absolute atomic E-state index is 0.00714. The molecular formula is C25H24ClNO4. The van der Waals surface area contributed by atoms with Crippen molar-refractivity contribution in [3.8, 4) is 5.75 Å². The first kappa shape index (κ1) is 21.3. The highest BCUT2D eigenvalue weighted by atomic mass is 35.5. The van der Waals surface area contributed by atoms with Gasteiger partial charge in [0, 0.05) is 40.3 Å². The van der Waals surface area contributed by atoms with Crippen LogP contribution in [0.3, 0.4) is 0 Å². The van der Waals surface area contributed by atoms with Gasteiger partial charge in [-0.25, -0.2) is 0 Å². The fraction of sp³-hybridized carbons (Fsp3) is 0.320. The fourth-order valence-electron chi connectivity index (χ4n) is 4.78. The standard InChI is InChI=1S/C25H24ClNO4/c1-14-22(25(29)31-3)23(15-7-6-8-17(26)11-15)24-19(27-14)12-16(13-20(24)28)18-9-4-5-10-21(18)30-2/h4-11,16,22-23H,12-13H2,1-3H3. The largest absolute Gasteiger partial charge is 0.496 e. The Balaban J connectivity index is 1.83. The Morgan fingerprint density at radius 2 is 1.87 bits per heavy atom. The van der Waals surface area contributed by atoms with Gasteiger partial charge >= 0.3 is 5.97 Å². The minimum atomic E-state index is -0.658. The maximum atomic E-state index is 13.5. The summed E-state index contributed by atoms with van der Waals surface area (Å²) in [6, 6.07) is 15.1. The Bertz CT molecular complexity index is 1100. The van der Waals surface area contributed by atoms with E-state index in [0.717, 1.165) is 22.6 Å². The molecule has 0 saturated carbocycles. The molecule has 0 aromatic heterocycles. The van der Waals surface area contributed by atoms with Crippen molar-refractivity contribution in [1.29, 1.82) is 0 Å². The van der Waals surface area contributed by atoms with E-state index in [1.807, 2.05) is 49.4 Å². The summed E-state index contributed by atoms with van der Waals surface area (Å²) < 4.78 is 10.6. The number of carbonyl (C=O) groups is 2. The number of methoxy groups -OCH3 is 2. The lowest BCUT2D eigenvalue weighted by Gasteiger charge is -2.36. The third-order valence-electron chi connectivity index (χ3n) is 6.13. The van der Waals surface area contributed by atoms with Crippen molar-refractivity contribution >= 4 is 29.1 Å². The Hall–Kier alpha value is -2.92. The van der Waals surface area contributed by atoms with Crippen molar-refractivity contribution in [2.75, 3.05) is 14.2 Å². The molecule has 0 fully saturated rings. The Labute approximate surface area is 186 Å². The van der Waals surface area contributed by atoms with Crippen LogP contribution in [0, 0.1) is 5.92 Å². The third kappa shape index (κ3) is 3.90. The third-order valence-corrected chi connectivity index (χ3v) is 6.37. The Kier molecular flexibility index (Phi) is 5.96. The molecule has 2 aliphatic rings. The number of aliphatic imine (C=N–C) groups is 1. The molecule has 0 bridgehead atoms. The molecule has 0 amide bonds. The highest BCUT2D eigenvalue weighted by Crippen LogP contribution is 2.48. The molecule has 0 spiro atoms. The quantitative estimate of drug-likeness (QED) is 0.624. The van der Waals surface area contributed by atoms with E-state index < -0.39 is 17.8 Å². The number of nitrogens with zero attached hydrogens (tertiary/aromatic N) is 1. The smallest absolute Gasteiger partial charge is 0.315 e. The molecule has 3 atom stereocenters. The first-order valence-corrected chi connectivity index (χ1v) is 10.6. The van der Waals surface area contributed by atoms with Crippen molar-refractivity contribution in [3.05, 3.63) is 76.0 Å². The lowest BCUT2D eigenvalue weighted by molar-refractivity contribution is -0.143. The first-order valence-electron chi connectivity index (χ1n) is 10.2. The molecule has 4 rings (SSSR count). The lowest BCUT2D eigenvalue weighted by Crippen LogP contribution is -2.37. The van der Waals surface area contributed by atoms with E-state index in [1.165, 1.54) is 7.11 Å². The average Bonchev–Trinajstić information content (AvgIpc) is 2.77. The zero-order valence-electron chi connectivity index (χ0n) is 17.7. The van der Waals surface area contributed by atoms with E-state index in [9.17, 15) is 9.59 Å². The van der Waals surface area contributed by atoms with E-state index in [-0.39, 0.29) is 11.7 Å². The summed E-state index contributed by atoms with van der Waals surface area (Å²) in [5, 5.41) is 0.554. The monoisotopic (exact) mass is 437 g/mol. The van der Waals surface area contributed by atoms with Crippen molar-refractivity contribution in [2.45, 2.75) is 31.6 Å². The molecule has 3 unspecified atom stereocenters. The van der Waals surface area contributed by atoms with Crippen LogP contribution < -0.4 is 4.74 Å². The number of halogens is 1. The summed E-state index contributed by atoms with van der Waals surface area (Å²) in [6.45, 7) is 1.82. The number of carbonyl (C=O) groups excluding carboxylic acids is 2. The Morgan fingerprint density at radius 1 is 1.10 bits per heavy atom. The van der Waals surface area contributed by atoms with Crippen molar-refractivity contribution < 1.29 is 19.1 Å². The number of para-hydroxylation sites is 1. The normalized spacial score (nSPS) is 23.2. The van der Waals surface area contributed by atoms with Crippen LogP contribution in [0.15, 0.2) is 64.8 Å². The van der Waals surface area contributed by atoms with E-state index in [2.05, 4.69) is 0 Å². The second-order valence-corrected chi connectivity index (χ2v) is 8.35. The maximum Gasteiger partial charge on any atom is 0.315 e. The number of hydrogen-bond acceptors (Lipinski definition) is 5. The van der Waals surface area contributed by atoms with Gasteiger partial charge in [-0.2, -0.15) is 0 Å². The summed E-state index contributed by atoms with van der Waals surface area (Å²) in [6.07, 6.45) is 0.933. The van der Waals surface area contributed by atoms with Gasteiger partial charge in [-0.15, -0.1) is 0 Å². The topological polar surface area (TPSA) is 65.0 Å². The molecule has 31 heavy (non-hydrogen) atoms. The van der Waals surface area contributed by atoms with Gasteiger partial charge in [-0.3, -0.25) is 14.6 Å². The second kappa shape index (κ2) is 8.67. The first-order chi connectivity index (χ1) is 14.9. The van der Waals surface area contributed by atoms with E-state index in [4.69, 9.17) is 26.1 Å². The summed E-state index contributed by atoms with van der Waals surface area (Å²) in [5.41, 5.74) is 3.77. The van der Waals surface area contributed by atoms with Crippen molar-refractivity contribution in [2.24, 2.45) is 10.9 Å². The molecule has 2 aromatic carbocycles. The van der Waals surface area contributed by atoms with E-state index >= 15 is 0 Å². The van der Waals surface area contributed by atoms with Gasteiger partial charge in [-0.05, 0) is 42.7 Å².